The van der Waals surface area contributed by atoms with Crippen LogP contribution in [0.1, 0.15) is 5.56 Å². The van der Waals surface area contributed by atoms with Crippen LogP contribution in [0.15, 0.2) is 64.8 Å². The maximum Gasteiger partial charge on any atom is 0.260 e. The highest BCUT2D eigenvalue weighted by molar-refractivity contribution is 7.17. The third-order valence-corrected chi connectivity index (χ3v) is 5.11. The third-order valence-electron chi connectivity index (χ3n) is 4.22. The summed E-state index contributed by atoms with van der Waals surface area (Å²) in [5.74, 6) is 0.0412. The first kappa shape index (κ1) is 14.7. The van der Waals surface area contributed by atoms with Crippen LogP contribution in [-0.4, -0.2) is 10.1 Å². The molecule has 0 saturated carbocycles. The number of aromatic nitrogens is 1. The molecule has 0 amide bonds. The van der Waals surface area contributed by atoms with E-state index < -0.39 is 0 Å². The zero-order valence-electron chi connectivity index (χ0n) is 13.0. The number of pyridine rings is 1. The zero-order chi connectivity index (χ0) is 16.7. The number of benzene rings is 2. The van der Waals surface area contributed by atoms with E-state index in [-0.39, 0.29) is 11.3 Å². The van der Waals surface area contributed by atoms with Gasteiger partial charge in [0.05, 0.1) is 10.9 Å². The number of aromatic amines is 1. The number of fused-ring (bicyclic) bond motifs is 1. The number of nitrogens with one attached hydrogen (secondary N) is 1. The Morgan fingerprint density at radius 2 is 1.67 bits per heavy atom. The van der Waals surface area contributed by atoms with Crippen LogP contribution in [0.2, 0.25) is 0 Å². The molecule has 0 fully saturated rings. The first-order valence-electron chi connectivity index (χ1n) is 7.64. The molecule has 0 aliphatic heterocycles. The molecule has 0 aliphatic carbocycles. The summed E-state index contributed by atoms with van der Waals surface area (Å²) in [5, 5.41) is 13.6. The van der Waals surface area contributed by atoms with Gasteiger partial charge in [0.1, 0.15) is 10.6 Å². The second-order valence-corrected chi connectivity index (χ2v) is 6.59. The lowest BCUT2D eigenvalue weighted by atomic mass is 9.98. The van der Waals surface area contributed by atoms with Gasteiger partial charge in [0, 0.05) is 10.9 Å². The molecule has 0 aliphatic rings. The number of aromatic hydroxyl groups is 1. The Morgan fingerprint density at radius 3 is 2.42 bits per heavy atom. The van der Waals surface area contributed by atoms with Gasteiger partial charge in [0.25, 0.3) is 5.56 Å². The summed E-state index contributed by atoms with van der Waals surface area (Å²) in [7, 11) is 0. The number of aryl methyl sites for hydroxylation is 1. The van der Waals surface area contributed by atoms with Crippen molar-refractivity contribution in [2.45, 2.75) is 6.92 Å². The minimum Gasteiger partial charge on any atom is -0.506 e. The lowest BCUT2D eigenvalue weighted by Gasteiger charge is -2.09. The predicted molar refractivity (Wildman–Crippen MR) is 99.7 cm³/mol. The van der Waals surface area contributed by atoms with Crippen LogP contribution in [0.5, 0.6) is 5.75 Å². The van der Waals surface area contributed by atoms with Gasteiger partial charge in [-0.1, -0.05) is 54.6 Å². The van der Waals surface area contributed by atoms with Gasteiger partial charge in [-0.2, -0.15) is 0 Å². The minimum absolute atomic E-state index is 0.0412. The van der Waals surface area contributed by atoms with Crippen molar-refractivity contribution in [3.8, 4) is 28.0 Å². The molecular formula is C20H15NO2S. The summed E-state index contributed by atoms with van der Waals surface area (Å²) < 4.78 is 0. The van der Waals surface area contributed by atoms with E-state index >= 15 is 0 Å². The van der Waals surface area contributed by atoms with E-state index in [0.717, 1.165) is 16.7 Å². The number of thiophene rings is 1. The highest BCUT2D eigenvalue weighted by Gasteiger charge is 2.19. The van der Waals surface area contributed by atoms with Gasteiger partial charge in [-0.3, -0.25) is 4.79 Å². The summed E-state index contributed by atoms with van der Waals surface area (Å²) >= 11 is 1.43. The van der Waals surface area contributed by atoms with E-state index in [0.29, 0.717) is 21.3 Å². The number of hydrogen-bond acceptors (Lipinski definition) is 3. The van der Waals surface area contributed by atoms with Gasteiger partial charge in [-0.15, -0.1) is 11.3 Å². The lowest BCUT2D eigenvalue weighted by Crippen LogP contribution is -2.08. The first-order chi connectivity index (χ1) is 11.7. The van der Waals surface area contributed by atoms with Crippen molar-refractivity contribution in [1.82, 2.24) is 4.98 Å². The molecule has 0 spiro atoms. The number of rotatable bonds is 2. The van der Waals surface area contributed by atoms with E-state index in [2.05, 4.69) is 4.98 Å². The summed E-state index contributed by atoms with van der Waals surface area (Å²) in [6, 6.07) is 17.3. The van der Waals surface area contributed by atoms with E-state index in [1.807, 2.05) is 66.9 Å². The van der Waals surface area contributed by atoms with Crippen LogP contribution in [0, 0.1) is 6.92 Å². The molecule has 0 radical (unpaired) electrons. The maximum absolute atomic E-state index is 12.5. The fraction of sp³-hybridized carbons (Fsp3) is 0.0500. The van der Waals surface area contributed by atoms with Crippen LogP contribution >= 0.6 is 11.3 Å². The van der Waals surface area contributed by atoms with Crippen LogP contribution in [0.4, 0.5) is 0 Å². The smallest absolute Gasteiger partial charge is 0.260 e. The van der Waals surface area contributed by atoms with Crippen LogP contribution in [0.25, 0.3) is 32.5 Å². The molecule has 0 saturated heterocycles. The Kier molecular flexibility index (Phi) is 3.47. The van der Waals surface area contributed by atoms with Crippen molar-refractivity contribution in [2.24, 2.45) is 0 Å². The molecular weight excluding hydrogens is 318 g/mol. The number of hydrogen-bond donors (Lipinski definition) is 2. The molecule has 4 heteroatoms. The van der Waals surface area contributed by atoms with E-state index in [1.54, 1.807) is 0 Å². The van der Waals surface area contributed by atoms with Crippen LogP contribution in [-0.2, 0) is 0 Å². The van der Waals surface area contributed by atoms with Crippen molar-refractivity contribution in [3.05, 3.63) is 75.9 Å². The van der Waals surface area contributed by atoms with Crippen LogP contribution < -0.4 is 5.56 Å². The van der Waals surface area contributed by atoms with Gasteiger partial charge in [0.2, 0.25) is 0 Å². The standard InChI is InChI=1S/C20H15NO2S/c1-12-7-5-6-10-14(12)15-11-24-20-17(15)18(22)16(19(23)21-20)13-8-3-2-4-9-13/h2-11H,1H3,(H2,21,22,23). The third kappa shape index (κ3) is 2.23. The molecule has 2 heterocycles. The van der Waals surface area contributed by atoms with Crippen LogP contribution in [0.3, 0.4) is 0 Å². The topological polar surface area (TPSA) is 53.1 Å². The van der Waals surface area contributed by atoms with Gasteiger partial charge >= 0.3 is 0 Å². The maximum atomic E-state index is 12.5. The molecule has 24 heavy (non-hydrogen) atoms. The monoisotopic (exact) mass is 333 g/mol. The molecule has 0 unspecified atom stereocenters. The van der Waals surface area contributed by atoms with Crippen molar-refractivity contribution in [2.75, 3.05) is 0 Å². The highest BCUT2D eigenvalue weighted by Crippen LogP contribution is 2.42. The summed E-state index contributed by atoms with van der Waals surface area (Å²) in [4.78, 5) is 16.1. The van der Waals surface area contributed by atoms with Gasteiger partial charge in [-0.25, -0.2) is 0 Å². The quantitative estimate of drug-likeness (QED) is 0.546. The first-order valence-corrected chi connectivity index (χ1v) is 8.52. The lowest BCUT2D eigenvalue weighted by molar-refractivity contribution is 0.483. The molecule has 0 atom stereocenters. The second-order valence-electron chi connectivity index (χ2n) is 5.71. The van der Waals surface area contributed by atoms with Crippen molar-refractivity contribution < 1.29 is 5.11 Å². The minimum atomic E-state index is -0.274. The Hall–Kier alpha value is -2.85. The van der Waals surface area contributed by atoms with E-state index in [4.69, 9.17) is 0 Å². The van der Waals surface area contributed by atoms with E-state index in [9.17, 15) is 9.90 Å². The summed E-state index contributed by atoms with van der Waals surface area (Å²) in [6.07, 6.45) is 0. The van der Waals surface area contributed by atoms with Crippen molar-refractivity contribution in [1.29, 1.82) is 0 Å². The SMILES string of the molecule is Cc1ccccc1-c1csc2[nH]c(=O)c(-c3ccccc3)c(O)c12. The van der Waals surface area contributed by atoms with E-state index in [1.165, 1.54) is 11.3 Å². The van der Waals surface area contributed by atoms with Crippen molar-refractivity contribution in [3.63, 3.8) is 0 Å². The Labute approximate surface area is 142 Å². The molecule has 118 valence electrons. The molecule has 0 bridgehead atoms. The second kappa shape index (κ2) is 5.65. The predicted octanol–water partition coefficient (Wildman–Crippen LogP) is 4.94. The van der Waals surface area contributed by atoms with Gasteiger partial charge in [0.15, 0.2) is 0 Å². The summed E-state index contributed by atoms with van der Waals surface area (Å²) in [6.45, 7) is 2.04. The highest BCUT2D eigenvalue weighted by atomic mass is 32.1. The molecule has 2 aromatic carbocycles. The molecule has 2 aromatic heterocycles. The number of H-pyrrole nitrogens is 1. The fourth-order valence-corrected chi connectivity index (χ4v) is 3.99. The molecule has 4 rings (SSSR count). The van der Waals surface area contributed by atoms with Crippen molar-refractivity contribution >= 4 is 21.6 Å². The normalized spacial score (nSPS) is 11.0. The molecule has 4 aromatic rings. The van der Waals surface area contributed by atoms with Gasteiger partial charge in [-0.05, 0) is 23.6 Å². The fourth-order valence-electron chi connectivity index (χ4n) is 3.03. The Balaban J connectivity index is 2.07. The Morgan fingerprint density at radius 1 is 0.958 bits per heavy atom. The van der Waals surface area contributed by atoms with Gasteiger partial charge < -0.3 is 10.1 Å². The molecule has 2 N–H and O–H groups in total. The Bertz CT molecular complexity index is 1090. The average molecular weight is 333 g/mol. The average Bonchev–Trinajstić information content (AvgIpc) is 3.00. The molecule has 3 nitrogen and oxygen atoms in total. The zero-order valence-corrected chi connectivity index (χ0v) is 13.9. The largest absolute Gasteiger partial charge is 0.506 e. The summed E-state index contributed by atoms with van der Waals surface area (Å²) in [5.41, 5.74) is 3.88.